The second-order valence-electron chi connectivity index (χ2n) is 3.15. The zero-order valence-corrected chi connectivity index (χ0v) is 9.45. The molecule has 0 atom stereocenters. The van der Waals surface area contributed by atoms with Crippen LogP contribution in [0.25, 0.3) is 0 Å². The first-order valence-electron chi connectivity index (χ1n) is 4.79. The summed E-state index contributed by atoms with van der Waals surface area (Å²) in [4.78, 5) is 21.6. The highest BCUT2D eigenvalue weighted by Crippen LogP contribution is 2.27. The summed E-state index contributed by atoms with van der Waals surface area (Å²) in [5, 5.41) is 13.1. The molecule has 0 heterocycles. The molecule has 0 aliphatic heterocycles. The van der Waals surface area contributed by atoms with Crippen molar-refractivity contribution in [2.24, 2.45) is 0 Å². The zero-order valence-electron chi connectivity index (χ0n) is 8.70. The molecule has 6 heteroatoms. The van der Waals surface area contributed by atoms with E-state index in [1.54, 1.807) is 0 Å². The van der Waals surface area contributed by atoms with E-state index in [0.717, 1.165) is 6.42 Å². The van der Waals surface area contributed by atoms with Crippen molar-refractivity contribution in [3.05, 3.63) is 38.9 Å². The van der Waals surface area contributed by atoms with Gasteiger partial charge in [0.15, 0.2) is 0 Å². The van der Waals surface area contributed by atoms with E-state index in [0.29, 0.717) is 6.54 Å². The lowest BCUT2D eigenvalue weighted by atomic mass is 10.2. The number of nitro groups is 1. The molecule has 0 aliphatic carbocycles. The highest BCUT2D eigenvalue weighted by atomic mass is 35.5. The van der Waals surface area contributed by atoms with Crippen molar-refractivity contribution in [1.29, 1.82) is 0 Å². The molecule has 86 valence electrons. The lowest BCUT2D eigenvalue weighted by molar-refractivity contribution is -0.384. The van der Waals surface area contributed by atoms with Crippen LogP contribution in [-0.2, 0) is 0 Å². The standard InChI is InChI=1S/C10H11ClN2O3/c1-2-6-12-10(14)7-4-3-5-8(9(7)11)13(15)16/h3-5H,2,6H2,1H3,(H,12,14). The molecule has 1 aromatic carbocycles. The van der Waals surface area contributed by atoms with Crippen LogP contribution in [0.1, 0.15) is 23.7 Å². The molecule has 0 unspecified atom stereocenters. The summed E-state index contributed by atoms with van der Waals surface area (Å²) >= 11 is 5.78. The van der Waals surface area contributed by atoms with Gasteiger partial charge in [0.25, 0.3) is 11.6 Å². The Morgan fingerprint density at radius 1 is 1.56 bits per heavy atom. The number of nitrogens with one attached hydrogen (secondary N) is 1. The second kappa shape index (κ2) is 5.46. The zero-order chi connectivity index (χ0) is 12.1. The summed E-state index contributed by atoms with van der Waals surface area (Å²) in [5.74, 6) is -0.393. The molecule has 1 aromatic rings. The van der Waals surface area contributed by atoms with Gasteiger partial charge in [-0.25, -0.2) is 0 Å². The fraction of sp³-hybridized carbons (Fsp3) is 0.300. The average molecular weight is 243 g/mol. The van der Waals surface area contributed by atoms with Gasteiger partial charge in [0.1, 0.15) is 5.02 Å². The monoisotopic (exact) mass is 242 g/mol. The first-order chi connectivity index (χ1) is 7.57. The third-order valence-electron chi connectivity index (χ3n) is 1.96. The van der Waals surface area contributed by atoms with Crippen LogP contribution in [0.5, 0.6) is 0 Å². The molecule has 0 saturated carbocycles. The van der Waals surface area contributed by atoms with Crippen molar-refractivity contribution in [2.45, 2.75) is 13.3 Å². The van der Waals surface area contributed by atoms with Gasteiger partial charge in [-0.05, 0) is 12.5 Å². The maximum atomic E-state index is 11.6. The lowest BCUT2D eigenvalue weighted by Gasteiger charge is -2.05. The number of carbonyl (C=O) groups is 1. The number of rotatable bonds is 4. The number of nitrogens with zero attached hydrogens (tertiary/aromatic N) is 1. The minimum absolute atomic E-state index is 0.124. The lowest BCUT2D eigenvalue weighted by Crippen LogP contribution is -2.24. The van der Waals surface area contributed by atoms with Crippen molar-refractivity contribution >= 4 is 23.2 Å². The maximum Gasteiger partial charge on any atom is 0.288 e. The summed E-state index contributed by atoms with van der Waals surface area (Å²) in [5.41, 5.74) is -0.130. The van der Waals surface area contributed by atoms with E-state index in [4.69, 9.17) is 11.6 Å². The molecule has 0 aromatic heterocycles. The summed E-state index contributed by atoms with van der Waals surface area (Å²) < 4.78 is 0. The number of nitro benzene ring substituents is 1. The van der Waals surface area contributed by atoms with Gasteiger partial charge in [-0.2, -0.15) is 0 Å². The molecule has 1 amide bonds. The molecule has 0 bridgehead atoms. The largest absolute Gasteiger partial charge is 0.352 e. The van der Waals surface area contributed by atoms with Gasteiger partial charge in [0.05, 0.1) is 10.5 Å². The van der Waals surface area contributed by atoms with E-state index in [-0.39, 0.29) is 16.3 Å². The fourth-order valence-electron chi connectivity index (χ4n) is 1.17. The molecule has 0 radical (unpaired) electrons. The average Bonchev–Trinajstić information content (AvgIpc) is 2.25. The minimum atomic E-state index is -0.612. The molecule has 1 rings (SSSR count). The molecule has 1 N–H and O–H groups in total. The Kier molecular flexibility index (Phi) is 4.25. The maximum absolute atomic E-state index is 11.6. The Morgan fingerprint density at radius 2 is 2.25 bits per heavy atom. The van der Waals surface area contributed by atoms with E-state index in [1.165, 1.54) is 18.2 Å². The van der Waals surface area contributed by atoms with Gasteiger partial charge in [0.2, 0.25) is 0 Å². The number of benzene rings is 1. The van der Waals surface area contributed by atoms with Crippen molar-refractivity contribution in [1.82, 2.24) is 5.32 Å². The van der Waals surface area contributed by atoms with E-state index in [9.17, 15) is 14.9 Å². The van der Waals surface area contributed by atoms with Crippen LogP contribution in [0.4, 0.5) is 5.69 Å². The van der Waals surface area contributed by atoms with Gasteiger partial charge in [-0.1, -0.05) is 24.6 Å². The molecular weight excluding hydrogens is 232 g/mol. The summed E-state index contributed by atoms with van der Waals surface area (Å²) in [6.45, 7) is 2.42. The van der Waals surface area contributed by atoms with Crippen molar-refractivity contribution in [3.8, 4) is 0 Å². The van der Waals surface area contributed by atoms with Gasteiger partial charge in [0, 0.05) is 12.6 Å². The Morgan fingerprint density at radius 3 is 2.81 bits per heavy atom. The molecule has 0 fully saturated rings. The highest BCUT2D eigenvalue weighted by Gasteiger charge is 2.19. The molecule has 16 heavy (non-hydrogen) atoms. The number of carbonyl (C=O) groups excluding carboxylic acids is 1. The SMILES string of the molecule is CCCNC(=O)c1cccc([N+](=O)[O-])c1Cl. The minimum Gasteiger partial charge on any atom is -0.352 e. The third-order valence-corrected chi connectivity index (χ3v) is 2.35. The third kappa shape index (κ3) is 2.70. The topological polar surface area (TPSA) is 72.2 Å². The summed E-state index contributed by atoms with van der Waals surface area (Å²) in [7, 11) is 0. The molecule has 0 aliphatic rings. The van der Waals surface area contributed by atoms with Gasteiger partial charge in [-0.3, -0.25) is 14.9 Å². The number of hydrogen-bond donors (Lipinski definition) is 1. The van der Waals surface area contributed by atoms with Crippen LogP contribution >= 0.6 is 11.6 Å². The first kappa shape index (κ1) is 12.4. The van der Waals surface area contributed by atoms with E-state index in [1.807, 2.05) is 6.92 Å². The normalized spacial score (nSPS) is 9.88. The fourth-order valence-corrected chi connectivity index (χ4v) is 1.45. The smallest absolute Gasteiger partial charge is 0.288 e. The first-order valence-corrected chi connectivity index (χ1v) is 5.16. The van der Waals surface area contributed by atoms with Crippen LogP contribution in [-0.4, -0.2) is 17.4 Å². The predicted octanol–water partition coefficient (Wildman–Crippen LogP) is 2.39. The quantitative estimate of drug-likeness (QED) is 0.651. The van der Waals surface area contributed by atoms with Crippen molar-refractivity contribution < 1.29 is 9.72 Å². The van der Waals surface area contributed by atoms with Crippen LogP contribution in [0, 0.1) is 10.1 Å². The van der Waals surface area contributed by atoms with E-state index >= 15 is 0 Å². The number of hydrogen-bond acceptors (Lipinski definition) is 3. The Balaban J connectivity index is 3.01. The van der Waals surface area contributed by atoms with Gasteiger partial charge < -0.3 is 5.32 Å². The Hall–Kier alpha value is -1.62. The van der Waals surface area contributed by atoms with Crippen molar-refractivity contribution in [3.63, 3.8) is 0 Å². The Bertz CT molecular complexity index is 421. The molecule has 0 saturated heterocycles. The van der Waals surface area contributed by atoms with Gasteiger partial charge >= 0.3 is 0 Å². The van der Waals surface area contributed by atoms with Crippen LogP contribution in [0.3, 0.4) is 0 Å². The number of amides is 1. The van der Waals surface area contributed by atoms with Crippen LogP contribution in [0.2, 0.25) is 5.02 Å². The number of halogens is 1. The summed E-state index contributed by atoms with van der Waals surface area (Å²) in [6, 6.07) is 4.16. The van der Waals surface area contributed by atoms with Crippen molar-refractivity contribution in [2.75, 3.05) is 6.54 Å². The Labute approximate surface area is 97.6 Å². The van der Waals surface area contributed by atoms with Gasteiger partial charge in [-0.15, -0.1) is 0 Å². The van der Waals surface area contributed by atoms with Crippen LogP contribution < -0.4 is 5.32 Å². The van der Waals surface area contributed by atoms with Crippen LogP contribution in [0.15, 0.2) is 18.2 Å². The predicted molar refractivity (Wildman–Crippen MR) is 60.7 cm³/mol. The molecular formula is C10H11ClN2O3. The summed E-state index contributed by atoms with van der Waals surface area (Å²) in [6.07, 6.45) is 0.790. The van der Waals surface area contributed by atoms with E-state index in [2.05, 4.69) is 5.32 Å². The molecule has 5 nitrogen and oxygen atoms in total. The second-order valence-corrected chi connectivity index (χ2v) is 3.53. The highest BCUT2D eigenvalue weighted by molar-refractivity contribution is 6.35. The van der Waals surface area contributed by atoms with E-state index < -0.39 is 10.8 Å². The molecule has 0 spiro atoms.